The molecule has 5 rings (SSSR count). The van der Waals surface area contributed by atoms with E-state index in [2.05, 4.69) is 84.9 Å². The Balaban J connectivity index is 0.000000385. The maximum atomic E-state index is 9.00. The quantitative estimate of drug-likeness (QED) is 0.262. The largest absolute Gasteiger partial charge is 0.481 e. The fraction of sp³-hybridized carbons (Fsp3) is 0.0417. The van der Waals surface area contributed by atoms with Crippen LogP contribution in [0, 0.1) is 0 Å². The molecule has 0 fully saturated rings. The number of benzene rings is 5. The standard InChI is InChI=1S/C22H14.C2H4O2/c1-2-8-16-14-22-20-12-6-4-10-18(20)17-9-3-5-11-19(17)21(22)13-15(16)7-1;1-2(3)4/h1-14H;1H3,(H,3,4). The molecule has 5 aromatic carbocycles. The van der Waals surface area contributed by atoms with E-state index in [0.717, 1.165) is 6.92 Å². The van der Waals surface area contributed by atoms with Crippen molar-refractivity contribution < 1.29 is 9.90 Å². The van der Waals surface area contributed by atoms with E-state index in [9.17, 15) is 0 Å². The Morgan fingerprint density at radius 3 is 1.19 bits per heavy atom. The third-order valence-corrected chi connectivity index (χ3v) is 4.61. The van der Waals surface area contributed by atoms with Crippen LogP contribution in [0.25, 0.3) is 43.1 Å². The van der Waals surface area contributed by atoms with Crippen molar-refractivity contribution in [2.24, 2.45) is 0 Å². The maximum Gasteiger partial charge on any atom is 0.300 e. The van der Waals surface area contributed by atoms with E-state index in [1.807, 2.05) is 0 Å². The van der Waals surface area contributed by atoms with E-state index in [0.29, 0.717) is 0 Å². The van der Waals surface area contributed by atoms with Crippen LogP contribution in [0.3, 0.4) is 0 Å². The van der Waals surface area contributed by atoms with Crippen molar-refractivity contribution in [1.82, 2.24) is 0 Å². The molecule has 0 heterocycles. The van der Waals surface area contributed by atoms with Gasteiger partial charge < -0.3 is 5.11 Å². The first-order valence-electron chi connectivity index (χ1n) is 8.56. The van der Waals surface area contributed by atoms with Crippen LogP contribution >= 0.6 is 0 Å². The summed E-state index contributed by atoms with van der Waals surface area (Å²) in [5, 5.41) is 18.0. The van der Waals surface area contributed by atoms with Gasteiger partial charge in [-0.1, -0.05) is 72.8 Å². The number of carboxylic acid groups (broad SMARTS) is 1. The molecule has 0 bridgehead atoms. The molecule has 0 saturated carbocycles. The summed E-state index contributed by atoms with van der Waals surface area (Å²) >= 11 is 0. The molecule has 2 nitrogen and oxygen atoms in total. The summed E-state index contributed by atoms with van der Waals surface area (Å²) in [4.78, 5) is 9.00. The van der Waals surface area contributed by atoms with Gasteiger partial charge in [0.05, 0.1) is 0 Å². The lowest BCUT2D eigenvalue weighted by molar-refractivity contribution is -0.134. The molecular formula is C24H18O2. The number of carboxylic acids is 1. The highest BCUT2D eigenvalue weighted by Gasteiger charge is 2.08. The molecule has 0 atom stereocenters. The Morgan fingerprint density at radius 1 is 0.577 bits per heavy atom. The summed E-state index contributed by atoms with van der Waals surface area (Å²) in [6.07, 6.45) is 0. The zero-order valence-corrected chi connectivity index (χ0v) is 14.4. The molecule has 0 aliphatic rings. The summed E-state index contributed by atoms with van der Waals surface area (Å²) in [6, 6.07) is 30.7. The maximum absolute atomic E-state index is 9.00. The van der Waals surface area contributed by atoms with Crippen LogP contribution < -0.4 is 0 Å². The third kappa shape index (κ3) is 2.76. The Bertz CT molecular complexity index is 1170. The number of hydrogen-bond acceptors (Lipinski definition) is 1. The van der Waals surface area contributed by atoms with Crippen molar-refractivity contribution in [2.45, 2.75) is 6.92 Å². The van der Waals surface area contributed by atoms with Gasteiger partial charge >= 0.3 is 0 Å². The number of carbonyl (C=O) groups is 1. The van der Waals surface area contributed by atoms with Gasteiger partial charge in [0.1, 0.15) is 0 Å². The molecule has 26 heavy (non-hydrogen) atoms. The third-order valence-electron chi connectivity index (χ3n) is 4.61. The van der Waals surface area contributed by atoms with Gasteiger partial charge in [-0.25, -0.2) is 0 Å². The van der Waals surface area contributed by atoms with Crippen LogP contribution in [-0.2, 0) is 4.79 Å². The molecule has 0 saturated heterocycles. The minimum atomic E-state index is -0.833. The molecule has 0 aromatic heterocycles. The molecular weight excluding hydrogens is 320 g/mol. The van der Waals surface area contributed by atoms with Gasteiger partial charge in [-0.15, -0.1) is 0 Å². The van der Waals surface area contributed by atoms with E-state index < -0.39 is 5.97 Å². The van der Waals surface area contributed by atoms with Crippen LogP contribution in [0.15, 0.2) is 84.9 Å². The summed E-state index contributed by atoms with van der Waals surface area (Å²) in [5.74, 6) is -0.833. The molecule has 0 spiro atoms. The Kier molecular flexibility index (Phi) is 4.02. The van der Waals surface area contributed by atoms with Crippen molar-refractivity contribution in [3.8, 4) is 0 Å². The monoisotopic (exact) mass is 338 g/mol. The predicted octanol–water partition coefficient (Wildman–Crippen LogP) is 6.39. The van der Waals surface area contributed by atoms with Gasteiger partial charge in [-0.05, 0) is 55.2 Å². The van der Waals surface area contributed by atoms with Gasteiger partial charge in [0.2, 0.25) is 0 Å². The lowest BCUT2D eigenvalue weighted by atomic mass is 9.92. The average molecular weight is 338 g/mol. The lowest BCUT2D eigenvalue weighted by Gasteiger charge is -2.11. The molecule has 0 aliphatic carbocycles. The SMILES string of the molecule is CC(=O)O.c1ccc2cc3c4ccccc4c4ccccc4c3cc2c1. The summed E-state index contributed by atoms with van der Waals surface area (Å²) < 4.78 is 0. The highest BCUT2D eigenvalue weighted by Crippen LogP contribution is 2.36. The number of rotatable bonds is 0. The average Bonchev–Trinajstić information content (AvgIpc) is 2.66. The van der Waals surface area contributed by atoms with Crippen molar-refractivity contribution in [3.63, 3.8) is 0 Å². The molecule has 2 heteroatoms. The Labute approximate surface area is 151 Å². The van der Waals surface area contributed by atoms with Crippen molar-refractivity contribution in [3.05, 3.63) is 84.9 Å². The molecule has 0 aliphatic heterocycles. The van der Waals surface area contributed by atoms with Crippen molar-refractivity contribution in [2.75, 3.05) is 0 Å². The topological polar surface area (TPSA) is 37.3 Å². The molecule has 0 radical (unpaired) electrons. The molecule has 0 amide bonds. The van der Waals surface area contributed by atoms with E-state index in [-0.39, 0.29) is 0 Å². The second-order valence-electron chi connectivity index (χ2n) is 6.36. The smallest absolute Gasteiger partial charge is 0.300 e. The predicted molar refractivity (Wildman–Crippen MR) is 110 cm³/mol. The second-order valence-corrected chi connectivity index (χ2v) is 6.36. The van der Waals surface area contributed by atoms with E-state index in [1.165, 1.54) is 43.1 Å². The first-order valence-corrected chi connectivity index (χ1v) is 8.56. The number of hydrogen-bond donors (Lipinski definition) is 1. The van der Waals surface area contributed by atoms with Gasteiger partial charge in [0, 0.05) is 6.92 Å². The van der Waals surface area contributed by atoms with Crippen LogP contribution in [-0.4, -0.2) is 11.1 Å². The molecule has 0 unspecified atom stereocenters. The van der Waals surface area contributed by atoms with Gasteiger partial charge in [0.25, 0.3) is 5.97 Å². The van der Waals surface area contributed by atoms with Gasteiger partial charge in [0.15, 0.2) is 0 Å². The highest BCUT2D eigenvalue weighted by atomic mass is 16.4. The van der Waals surface area contributed by atoms with Crippen LogP contribution in [0.2, 0.25) is 0 Å². The minimum absolute atomic E-state index is 0.833. The summed E-state index contributed by atoms with van der Waals surface area (Å²) in [5.41, 5.74) is 0. The van der Waals surface area contributed by atoms with Crippen LogP contribution in [0.4, 0.5) is 0 Å². The minimum Gasteiger partial charge on any atom is -0.481 e. The summed E-state index contributed by atoms with van der Waals surface area (Å²) in [6.45, 7) is 1.08. The van der Waals surface area contributed by atoms with Crippen molar-refractivity contribution in [1.29, 1.82) is 0 Å². The molecule has 5 aromatic rings. The number of aliphatic carboxylic acids is 1. The van der Waals surface area contributed by atoms with Crippen LogP contribution in [0.1, 0.15) is 6.92 Å². The van der Waals surface area contributed by atoms with Gasteiger partial charge in [-0.2, -0.15) is 0 Å². The van der Waals surface area contributed by atoms with Crippen molar-refractivity contribution >= 4 is 49.1 Å². The second kappa shape index (κ2) is 6.49. The van der Waals surface area contributed by atoms with E-state index in [1.54, 1.807) is 0 Å². The zero-order chi connectivity index (χ0) is 18.1. The fourth-order valence-electron chi connectivity index (χ4n) is 3.59. The summed E-state index contributed by atoms with van der Waals surface area (Å²) in [7, 11) is 0. The number of fused-ring (bicyclic) bond motifs is 7. The van der Waals surface area contributed by atoms with E-state index in [4.69, 9.17) is 9.90 Å². The molecule has 1 N–H and O–H groups in total. The fourth-order valence-corrected chi connectivity index (χ4v) is 3.59. The lowest BCUT2D eigenvalue weighted by Crippen LogP contribution is -1.83. The molecule has 126 valence electrons. The first kappa shape index (κ1) is 16.1. The zero-order valence-electron chi connectivity index (χ0n) is 14.4. The Morgan fingerprint density at radius 2 is 0.846 bits per heavy atom. The Hall–Kier alpha value is -3.39. The highest BCUT2D eigenvalue weighted by molar-refractivity contribution is 6.27. The van der Waals surface area contributed by atoms with Crippen LogP contribution in [0.5, 0.6) is 0 Å². The van der Waals surface area contributed by atoms with Gasteiger partial charge in [-0.3, -0.25) is 4.79 Å². The van der Waals surface area contributed by atoms with E-state index >= 15 is 0 Å². The normalized spacial score (nSPS) is 10.8. The first-order chi connectivity index (χ1) is 12.6.